The third-order valence-corrected chi connectivity index (χ3v) is 4.92. The topological polar surface area (TPSA) is 24.9 Å². The maximum Gasteiger partial charge on any atom is 0.0705 e. The summed E-state index contributed by atoms with van der Waals surface area (Å²) in [4.78, 5) is 4.51. The highest BCUT2D eigenvalue weighted by atomic mass is 14.9. The fraction of sp³-hybridized carbons (Fsp3) is 0.526. The summed E-state index contributed by atoms with van der Waals surface area (Å²) in [6.45, 7) is 0. The maximum atomic E-state index is 4.51. The Balaban J connectivity index is 1.85. The minimum Gasteiger partial charge on any atom is -0.313 e. The minimum absolute atomic E-state index is 0.467. The van der Waals surface area contributed by atoms with E-state index in [1.165, 1.54) is 55.9 Å². The summed E-state index contributed by atoms with van der Waals surface area (Å²) in [7, 11) is 2.10. The summed E-state index contributed by atoms with van der Waals surface area (Å²) in [5.74, 6) is 0.761. The monoisotopic (exact) mass is 282 g/mol. The second-order valence-corrected chi connectivity index (χ2v) is 6.33. The number of aromatic nitrogens is 1. The van der Waals surface area contributed by atoms with Gasteiger partial charge in [0.2, 0.25) is 0 Å². The van der Waals surface area contributed by atoms with Crippen molar-refractivity contribution < 1.29 is 0 Å². The average Bonchev–Trinajstić information content (AvgIpc) is 2.49. The fourth-order valence-electron chi connectivity index (χ4n) is 3.77. The van der Waals surface area contributed by atoms with E-state index in [1.54, 1.807) is 0 Å². The van der Waals surface area contributed by atoms with Gasteiger partial charge in [-0.05, 0) is 43.5 Å². The first kappa shape index (κ1) is 14.5. The Hall–Kier alpha value is -1.41. The number of hydrogen-bond donors (Lipinski definition) is 1. The molecule has 1 atom stereocenters. The SMILES string of the molecule is CNC(c1ccc2cccnc2c1)C1CCCCCCC1. The lowest BCUT2D eigenvalue weighted by molar-refractivity contribution is 0.299. The van der Waals surface area contributed by atoms with Crippen LogP contribution in [0.3, 0.4) is 0 Å². The van der Waals surface area contributed by atoms with Crippen molar-refractivity contribution in [2.45, 2.75) is 51.0 Å². The first-order chi connectivity index (χ1) is 10.4. The first-order valence-corrected chi connectivity index (χ1v) is 8.40. The van der Waals surface area contributed by atoms with Crippen LogP contribution in [0.15, 0.2) is 36.5 Å². The zero-order valence-corrected chi connectivity index (χ0v) is 13.0. The molecule has 1 saturated carbocycles. The Kier molecular flexibility index (Phi) is 4.87. The molecule has 2 nitrogen and oxygen atoms in total. The zero-order chi connectivity index (χ0) is 14.5. The number of hydrogen-bond acceptors (Lipinski definition) is 2. The average molecular weight is 282 g/mol. The van der Waals surface area contributed by atoms with Gasteiger partial charge in [0.25, 0.3) is 0 Å². The molecule has 0 bridgehead atoms. The summed E-state index contributed by atoms with van der Waals surface area (Å²) in [6, 6.07) is 11.4. The minimum atomic E-state index is 0.467. The van der Waals surface area contributed by atoms with Crippen LogP contribution >= 0.6 is 0 Å². The molecule has 3 rings (SSSR count). The molecule has 112 valence electrons. The molecule has 1 aromatic carbocycles. The van der Waals surface area contributed by atoms with E-state index in [4.69, 9.17) is 0 Å². The molecule has 0 radical (unpaired) electrons. The number of pyridine rings is 1. The van der Waals surface area contributed by atoms with Crippen molar-refractivity contribution in [3.05, 3.63) is 42.1 Å². The van der Waals surface area contributed by atoms with Crippen LogP contribution in [-0.4, -0.2) is 12.0 Å². The number of nitrogens with zero attached hydrogens (tertiary/aromatic N) is 1. The lowest BCUT2D eigenvalue weighted by Gasteiger charge is -2.29. The zero-order valence-electron chi connectivity index (χ0n) is 13.0. The molecule has 1 aliphatic carbocycles. The lowest BCUT2D eigenvalue weighted by atomic mass is 9.83. The fourth-order valence-corrected chi connectivity index (χ4v) is 3.77. The molecule has 0 spiro atoms. The molecule has 1 fully saturated rings. The van der Waals surface area contributed by atoms with Crippen LogP contribution in [0.4, 0.5) is 0 Å². The van der Waals surface area contributed by atoms with Crippen molar-refractivity contribution in [3.8, 4) is 0 Å². The molecule has 1 aromatic heterocycles. The van der Waals surface area contributed by atoms with Gasteiger partial charge in [-0.25, -0.2) is 0 Å². The summed E-state index contributed by atoms with van der Waals surface area (Å²) < 4.78 is 0. The standard InChI is InChI=1S/C19H26N2/c1-20-19(16-8-5-3-2-4-6-9-16)17-12-11-15-10-7-13-21-18(15)14-17/h7,10-14,16,19-20H,2-6,8-9H2,1H3. The van der Waals surface area contributed by atoms with Gasteiger partial charge in [0, 0.05) is 17.6 Å². The van der Waals surface area contributed by atoms with E-state index in [2.05, 4.69) is 41.6 Å². The van der Waals surface area contributed by atoms with Crippen LogP contribution in [-0.2, 0) is 0 Å². The number of rotatable bonds is 3. The molecule has 0 amide bonds. The lowest BCUT2D eigenvalue weighted by Crippen LogP contribution is -2.26. The van der Waals surface area contributed by atoms with Crippen molar-refractivity contribution in [1.29, 1.82) is 0 Å². The van der Waals surface area contributed by atoms with Gasteiger partial charge in [0.05, 0.1) is 5.52 Å². The van der Waals surface area contributed by atoms with Gasteiger partial charge in [0.1, 0.15) is 0 Å². The Morgan fingerprint density at radius 1 is 1.05 bits per heavy atom. The van der Waals surface area contributed by atoms with E-state index in [1.807, 2.05) is 12.3 Å². The second kappa shape index (κ2) is 7.04. The summed E-state index contributed by atoms with van der Waals surface area (Å²) in [5.41, 5.74) is 2.51. The highest BCUT2D eigenvalue weighted by molar-refractivity contribution is 5.79. The largest absolute Gasteiger partial charge is 0.313 e. The van der Waals surface area contributed by atoms with Crippen LogP contribution < -0.4 is 5.32 Å². The smallest absolute Gasteiger partial charge is 0.0705 e. The van der Waals surface area contributed by atoms with E-state index in [0.717, 1.165) is 11.4 Å². The predicted octanol–water partition coefficient (Wildman–Crippen LogP) is 4.86. The van der Waals surface area contributed by atoms with Gasteiger partial charge in [-0.1, -0.05) is 50.3 Å². The van der Waals surface area contributed by atoms with Crippen LogP contribution in [0.2, 0.25) is 0 Å². The van der Waals surface area contributed by atoms with E-state index in [-0.39, 0.29) is 0 Å². The van der Waals surface area contributed by atoms with Gasteiger partial charge in [-0.3, -0.25) is 4.98 Å². The molecule has 1 N–H and O–H groups in total. The number of benzene rings is 1. The van der Waals surface area contributed by atoms with E-state index >= 15 is 0 Å². The third kappa shape index (κ3) is 3.44. The van der Waals surface area contributed by atoms with Crippen molar-refractivity contribution in [3.63, 3.8) is 0 Å². The third-order valence-electron chi connectivity index (χ3n) is 4.92. The van der Waals surface area contributed by atoms with Crippen LogP contribution in [0, 0.1) is 5.92 Å². The van der Waals surface area contributed by atoms with E-state index < -0.39 is 0 Å². The second-order valence-electron chi connectivity index (χ2n) is 6.33. The molecule has 1 unspecified atom stereocenters. The van der Waals surface area contributed by atoms with Crippen molar-refractivity contribution in [2.75, 3.05) is 7.05 Å². The van der Waals surface area contributed by atoms with Gasteiger partial charge in [-0.2, -0.15) is 0 Å². The van der Waals surface area contributed by atoms with Crippen LogP contribution in [0.5, 0.6) is 0 Å². The molecule has 21 heavy (non-hydrogen) atoms. The molecule has 1 aliphatic rings. The number of fused-ring (bicyclic) bond motifs is 1. The predicted molar refractivity (Wildman–Crippen MR) is 89.4 cm³/mol. The van der Waals surface area contributed by atoms with E-state index in [9.17, 15) is 0 Å². The molecule has 0 aliphatic heterocycles. The molecular formula is C19H26N2. The van der Waals surface area contributed by atoms with Gasteiger partial charge in [0.15, 0.2) is 0 Å². The van der Waals surface area contributed by atoms with Gasteiger partial charge in [-0.15, -0.1) is 0 Å². The number of nitrogens with one attached hydrogen (secondary N) is 1. The Labute approximate surface area is 128 Å². The van der Waals surface area contributed by atoms with Gasteiger partial charge >= 0.3 is 0 Å². The van der Waals surface area contributed by atoms with Crippen molar-refractivity contribution in [2.24, 2.45) is 5.92 Å². The Bertz CT molecular complexity index is 571. The summed E-state index contributed by atoms with van der Waals surface area (Å²) in [6.07, 6.45) is 11.6. The van der Waals surface area contributed by atoms with Gasteiger partial charge < -0.3 is 5.32 Å². The van der Waals surface area contributed by atoms with Crippen molar-refractivity contribution >= 4 is 10.9 Å². The van der Waals surface area contributed by atoms with Crippen LogP contribution in [0.25, 0.3) is 10.9 Å². The Morgan fingerprint density at radius 2 is 1.81 bits per heavy atom. The summed E-state index contributed by atoms with van der Waals surface area (Å²) >= 11 is 0. The molecular weight excluding hydrogens is 256 g/mol. The molecule has 2 aromatic rings. The first-order valence-electron chi connectivity index (χ1n) is 8.40. The molecule has 2 heteroatoms. The van der Waals surface area contributed by atoms with Crippen LogP contribution in [0.1, 0.15) is 56.6 Å². The highest BCUT2D eigenvalue weighted by Crippen LogP contribution is 2.33. The Morgan fingerprint density at radius 3 is 2.57 bits per heavy atom. The highest BCUT2D eigenvalue weighted by Gasteiger charge is 2.22. The maximum absolute atomic E-state index is 4.51. The van der Waals surface area contributed by atoms with E-state index in [0.29, 0.717) is 6.04 Å². The quantitative estimate of drug-likeness (QED) is 0.870. The molecule has 1 heterocycles. The molecule has 0 saturated heterocycles. The normalized spacial score (nSPS) is 19.1. The summed E-state index contributed by atoms with van der Waals surface area (Å²) in [5, 5.41) is 4.80. The van der Waals surface area contributed by atoms with Crippen molar-refractivity contribution in [1.82, 2.24) is 10.3 Å².